The van der Waals surface area contributed by atoms with Crippen LogP contribution in [-0.2, 0) is 16.1 Å². The Kier molecular flexibility index (Phi) is 11.0. The zero-order chi connectivity index (χ0) is 29.3. The number of hydrogen-bond donors (Lipinski definition) is 2. The molecule has 2 aromatic carbocycles. The van der Waals surface area contributed by atoms with E-state index in [1.807, 2.05) is 18.2 Å². The average Bonchev–Trinajstić information content (AvgIpc) is 2.94. The minimum Gasteiger partial charge on any atom is -0.475 e. The van der Waals surface area contributed by atoms with Crippen LogP contribution in [0.25, 0.3) is 0 Å². The third-order valence-electron chi connectivity index (χ3n) is 6.69. The first kappa shape index (κ1) is 31.0. The van der Waals surface area contributed by atoms with Gasteiger partial charge < -0.3 is 20.2 Å². The Bertz CT molecular complexity index is 1150. The lowest BCUT2D eigenvalue weighted by Gasteiger charge is -2.39. The van der Waals surface area contributed by atoms with Crippen LogP contribution in [-0.4, -0.2) is 95.6 Å². The molecule has 218 valence electrons. The number of nitrogens with zero attached hydrogens (tertiary/aromatic N) is 3. The number of amides is 2. The van der Waals surface area contributed by atoms with Crippen LogP contribution in [0.3, 0.4) is 0 Å². The molecule has 13 heteroatoms. The van der Waals surface area contributed by atoms with Gasteiger partial charge in [-0.3, -0.25) is 14.5 Å². The van der Waals surface area contributed by atoms with Crippen molar-refractivity contribution in [3.05, 3.63) is 71.3 Å². The van der Waals surface area contributed by atoms with E-state index in [0.29, 0.717) is 13.1 Å². The van der Waals surface area contributed by atoms with E-state index in [4.69, 9.17) is 9.90 Å². The van der Waals surface area contributed by atoms with Gasteiger partial charge in [-0.2, -0.15) is 13.2 Å². The number of likely N-dealkylation sites (tertiary alicyclic amines) is 1. The molecule has 0 spiro atoms. The lowest BCUT2D eigenvalue weighted by Crippen LogP contribution is -2.54. The van der Waals surface area contributed by atoms with E-state index in [2.05, 4.69) is 22.3 Å². The normalized spacial score (nSPS) is 16.6. The summed E-state index contributed by atoms with van der Waals surface area (Å²) < 4.78 is 59.0. The molecule has 2 amide bonds. The van der Waals surface area contributed by atoms with Gasteiger partial charge in [0.15, 0.2) is 11.6 Å². The molecule has 0 saturated carbocycles. The van der Waals surface area contributed by atoms with Gasteiger partial charge in [-0.1, -0.05) is 30.3 Å². The molecule has 0 aromatic heterocycles. The first-order valence-electron chi connectivity index (χ1n) is 12.8. The monoisotopic (exact) mass is 570 g/mol. The number of alkyl halides is 3. The van der Waals surface area contributed by atoms with Crippen LogP contribution in [0.5, 0.6) is 0 Å². The highest BCUT2D eigenvalue weighted by Gasteiger charge is 2.38. The van der Waals surface area contributed by atoms with Gasteiger partial charge in [-0.25, -0.2) is 13.6 Å². The zero-order valence-electron chi connectivity index (χ0n) is 21.7. The van der Waals surface area contributed by atoms with E-state index in [9.17, 15) is 31.5 Å². The summed E-state index contributed by atoms with van der Waals surface area (Å²) in [5.74, 6) is -5.36. The number of aliphatic carboxylic acids is 1. The van der Waals surface area contributed by atoms with Gasteiger partial charge in [0, 0.05) is 57.4 Å². The third kappa shape index (κ3) is 8.98. The van der Waals surface area contributed by atoms with E-state index in [0.717, 1.165) is 57.7 Å². The molecule has 2 aliphatic heterocycles. The van der Waals surface area contributed by atoms with E-state index in [1.54, 1.807) is 9.80 Å². The number of carboxylic acids is 1. The molecule has 2 N–H and O–H groups in total. The quantitative estimate of drug-likeness (QED) is 0.519. The van der Waals surface area contributed by atoms with Crippen LogP contribution in [0, 0.1) is 11.6 Å². The second kappa shape index (κ2) is 14.2. The Labute approximate surface area is 228 Å². The summed E-state index contributed by atoms with van der Waals surface area (Å²) in [6.07, 6.45) is -3.64. The van der Waals surface area contributed by atoms with Crippen molar-refractivity contribution in [1.82, 2.24) is 20.0 Å². The number of halogens is 5. The third-order valence-corrected chi connectivity index (χ3v) is 6.69. The summed E-state index contributed by atoms with van der Waals surface area (Å²) in [5.41, 5.74) is 1.30. The SMILES string of the molecule is O=C(CN(C(=O)c1ccc(F)c(F)c1)C1CCN(Cc2ccccc2)CC1)N1CCNCC1.O=C(O)C(F)(F)F. The van der Waals surface area contributed by atoms with Crippen molar-refractivity contribution in [3.8, 4) is 0 Å². The van der Waals surface area contributed by atoms with Gasteiger partial charge in [0.25, 0.3) is 5.91 Å². The van der Waals surface area contributed by atoms with Gasteiger partial charge in [0.05, 0.1) is 0 Å². The lowest BCUT2D eigenvalue weighted by atomic mass is 10.0. The fourth-order valence-electron chi connectivity index (χ4n) is 4.55. The van der Waals surface area contributed by atoms with E-state index in [-0.39, 0.29) is 24.1 Å². The van der Waals surface area contributed by atoms with Gasteiger partial charge >= 0.3 is 12.1 Å². The smallest absolute Gasteiger partial charge is 0.475 e. The Morgan fingerprint density at radius 2 is 1.52 bits per heavy atom. The molecule has 8 nitrogen and oxygen atoms in total. The molecule has 2 aliphatic rings. The number of piperazine rings is 1. The van der Waals surface area contributed by atoms with Crippen LogP contribution in [0.1, 0.15) is 28.8 Å². The zero-order valence-corrected chi connectivity index (χ0v) is 21.7. The molecular weight excluding hydrogens is 539 g/mol. The molecule has 4 rings (SSSR count). The maximum Gasteiger partial charge on any atom is 0.490 e. The van der Waals surface area contributed by atoms with Crippen molar-refractivity contribution in [2.45, 2.75) is 31.6 Å². The fraction of sp³-hybridized carbons (Fsp3) is 0.444. The molecule has 40 heavy (non-hydrogen) atoms. The number of carbonyl (C=O) groups excluding carboxylic acids is 2. The van der Waals surface area contributed by atoms with Gasteiger partial charge in [-0.15, -0.1) is 0 Å². The predicted octanol–water partition coefficient (Wildman–Crippen LogP) is 3.14. The Hall–Kier alpha value is -3.58. The van der Waals surface area contributed by atoms with Gasteiger partial charge in [-0.05, 0) is 36.6 Å². The van der Waals surface area contributed by atoms with Gasteiger partial charge in [0.1, 0.15) is 6.54 Å². The minimum atomic E-state index is -5.08. The molecule has 0 bridgehead atoms. The predicted molar refractivity (Wildman–Crippen MR) is 135 cm³/mol. The molecule has 2 fully saturated rings. The van der Waals surface area contributed by atoms with Crippen LogP contribution in [0.2, 0.25) is 0 Å². The highest BCUT2D eigenvalue weighted by atomic mass is 19.4. The number of nitrogens with one attached hydrogen (secondary N) is 1. The molecule has 2 saturated heterocycles. The summed E-state index contributed by atoms with van der Waals surface area (Å²) >= 11 is 0. The summed E-state index contributed by atoms with van der Waals surface area (Å²) in [6, 6.07) is 13.3. The first-order valence-corrected chi connectivity index (χ1v) is 12.8. The molecule has 2 heterocycles. The van der Waals surface area contributed by atoms with Crippen molar-refractivity contribution in [1.29, 1.82) is 0 Å². The number of hydrogen-bond acceptors (Lipinski definition) is 5. The lowest BCUT2D eigenvalue weighted by molar-refractivity contribution is -0.192. The molecule has 0 unspecified atom stereocenters. The van der Waals surface area contributed by atoms with E-state index < -0.39 is 29.7 Å². The fourth-order valence-corrected chi connectivity index (χ4v) is 4.55. The van der Waals surface area contributed by atoms with Crippen LogP contribution >= 0.6 is 0 Å². The minimum absolute atomic E-state index is 0.0544. The summed E-state index contributed by atoms with van der Waals surface area (Å²) in [7, 11) is 0. The summed E-state index contributed by atoms with van der Waals surface area (Å²) in [4.78, 5) is 40.9. The average molecular weight is 571 g/mol. The second-order valence-corrected chi connectivity index (χ2v) is 9.49. The number of carbonyl (C=O) groups is 3. The summed E-state index contributed by atoms with van der Waals surface area (Å²) in [5, 5.41) is 10.3. The first-order chi connectivity index (χ1) is 19.0. The Morgan fingerprint density at radius 3 is 2.08 bits per heavy atom. The molecule has 0 atom stereocenters. The molecule has 0 aliphatic carbocycles. The van der Waals surface area contributed by atoms with Gasteiger partial charge in [0.2, 0.25) is 5.91 Å². The van der Waals surface area contributed by atoms with E-state index >= 15 is 0 Å². The van der Waals surface area contributed by atoms with Crippen LogP contribution in [0.4, 0.5) is 22.0 Å². The molecular formula is C27H31F5N4O4. The second-order valence-electron chi connectivity index (χ2n) is 9.49. The number of carboxylic acid groups (broad SMARTS) is 1. The Balaban J connectivity index is 0.000000559. The maximum absolute atomic E-state index is 13.8. The van der Waals surface area contributed by atoms with Crippen molar-refractivity contribution in [2.24, 2.45) is 0 Å². The van der Waals surface area contributed by atoms with Crippen molar-refractivity contribution >= 4 is 17.8 Å². The van der Waals surface area contributed by atoms with Crippen LogP contribution in [0.15, 0.2) is 48.5 Å². The highest BCUT2D eigenvalue weighted by Crippen LogP contribution is 2.22. The highest BCUT2D eigenvalue weighted by molar-refractivity contribution is 5.96. The largest absolute Gasteiger partial charge is 0.490 e. The number of piperidine rings is 1. The van der Waals surface area contributed by atoms with Crippen molar-refractivity contribution in [2.75, 3.05) is 45.8 Å². The number of benzene rings is 2. The van der Waals surface area contributed by atoms with Crippen molar-refractivity contribution in [3.63, 3.8) is 0 Å². The van der Waals surface area contributed by atoms with Crippen LogP contribution < -0.4 is 5.32 Å². The standard InChI is InChI=1S/C25H30F2N4O2.C2HF3O2/c26-22-7-6-20(16-23(22)27)25(33)31(18-24(32)30-14-10-28-11-15-30)21-8-12-29(13-9-21)17-19-4-2-1-3-5-19;3-2(4,5)1(6)7/h1-7,16,21,28H,8-15,17-18H2;(H,6,7). The Morgan fingerprint density at radius 1 is 0.925 bits per heavy atom. The topological polar surface area (TPSA) is 93.2 Å². The number of rotatable bonds is 6. The van der Waals surface area contributed by atoms with Crippen molar-refractivity contribution < 1.29 is 41.4 Å². The summed E-state index contributed by atoms with van der Waals surface area (Å²) in [6.45, 7) is 5.02. The molecule has 0 radical (unpaired) electrons. The molecule has 2 aromatic rings. The maximum atomic E-state index is 13.8. The van der Waals surface area contributed by atoms with E-state index in [1.165, 1.54) is 11.6 Å².